The molecule has 0 radical (unpaired) electrons. The first-order valence-electron chi connectivity index (χ1n) is 5.81. The van der Waals surface area contributed by atoms with Gasteiger partial charge in [0.15, 0.2) is 5.75 Å². The second-order valence-corrected chi connectivity index (χ2v) is 4.12. The van der Waals surface area contributed by atoms with Crippen LogP contribution in [0.3, 0.4) is 0 Å². The van der Waals surface area contributed by atoms with Crippen molar-refractivity contribution in [3.63, 3.8) is 0 Å². The van der Waals surface area contributed by atoms with Gasteiger partial charge in [0, 0.05) is 5.39 Å². The van der Waals surface area contributed by atoms with Crippen LogP contribution in [0.1, 0.15) is 5.56 Å². The van der Waals surface area contributed by atoms with E-state index >= 15 is 0 Å². The normalized spacial score (nSPS) is 10.7. The summed E-state index contributed by atoms with van der Waals surface area (Å²) in [6, 6.07) is 17.5. The van der Waals surface area contributed by atoms with E-state index in [-0.39, 0.29) is 5.88 Å². The van der Waals surface area contributed by atoms with Gasteiger partial charge in [0.2, 0.25) is 5.88 Å². The summed E-state index contributed by atoms with van der Waals surface area (Å²) in [5.41, 5.74) is 1.94. The van der Waals surface area contributed by atoms with Crippen molar-refractivity contribution in [1.82, 2.24) is 4.98 Å². The molecule has 2 aromatic carbocycles. The van der Waals surface area contributed by atoms with Crippen molar-refractivity contribution in [2.24, 2.45) is 0 Å². The maximum atomic E-state index is 9.83. The van der Waals surface area contributed by atoms with Gasteiger partial charge in [-0.05, 0) is 17.7 Å². The molecule has 0 amide bonds. The van der Waals surface area contributed by atoms with E-state index < -0.39 is 0 Å². The van der Waals surface area contributed by atoms with E-state index in [2.05, 4.69) is 4.98 Å². The predicted molar refractivity (Wildman–Crippen MR) is 70.7 cm³/mol. The van der Waals surface area contributed by atoms with Crippen LogP contribution in [0.5, 0.6) is 11.6 Å². The van der Waals surface area contributed by atoms with E-state index in [1.807, 2.05) is 54.6 Å². The predicted octanol–water partition coefficient (Wildman–Crippen LogP) is 3.45. The van der Waals surface area contributed by atoms with Crippen LogP contribution in [0, 0.1) is 0 Å². The molecular weight excluding hydrogens is 226 g/mol. The molecule has 1 aromatic heterocycles. The molecule has 0 unspecified atom stereocenters. The molecule has 0 saturated heterocycles. The van der Waals surface area contributed by atoms with E-state index in [1.165, 1.54) is 0 Å². The Kier molecular flexibility index (Phi) is 2.65. The van der Waals surface area contributed by atoms with Gasteiger partial charge in [-0.2, -0.15) is 0 Å². The van der Waals surface area contributed by atoms with Gasteiger partial charge in [-0.3, -0.25) is 0 Å². The molecular formula is C15H13NO2. The third kappa shape index (κ3) is 1.91. The van der Waals surface area contributed by atoms with Crippen molar-refractivity contribution in [2.45, 2.75) is 6.61 Å². The van der Waals surface area contributed by atoms with Gasteiger partial charge in [-0.15, -0.1) is 0 Å². The molecule has 0 aliphatic rings. The van der Waals surface area contributed by atoms with Gasteiger partial charge in [0.25, 0.3) is 0 Å². The molecule has 3 heteroatoms. The van der Waals surface area contributed by atoms with Crippen LogP contribution in [0.2, 0.25) is 0 Å². The van der Waals surface area contributed by atoms with E-state index in [9.17, 15) is 5.11 Å². The van der Waals surface area contributed by atoms with E-state index in [0.29, 0.717) is 12.4 Å². The Morgan fingerprint density at radius 3 is 2.50 bits per heavy atom. The summed E-state index contributed by atoms with van der Waals surface area (Å²) in [6.07, 6.45) is 0. The number of fused-ring (bicyclic) bond motifs is 1. The minimum atomic E-state index is 0.0760. The number of nitrogens with one attached hydrogen (secondary N) is 1. The van der Waals surface area contributed by atoms with E-state index in [0.717, 1.165) is 16.5 Å². The van der Waals surface area contributed by atoms with Crippen LogP contribution >= 0.6 is 0 Å². The van der Waals surface area contributed by atoms with Crippen LogP contribution in [-0.4, -0.2) is 10.1 Å². The Morgan fingerprint density at radius 2 is 1.67 bits per heavy atom. The highest BCUT2D eigenvalue weighted by atomic mass is 16.5. The number of aromatic nitrogens is 1. The fourth-order valence-electron chi connectivity index (χ4n) is 1.98. The van der Waals surface area contributed by atoms with Crippen LogP contribution < -0.4 is 4.74 Å². The number of ether oxygens (including phenoxy) is 1. The van der Waals surface area contributed by atoms with Gasteiger partial charge in [-0.1, -0.05) is 42.5 Å². The molecule has 0 aliphatic heterocycles. The van der Waals surface area contributed by atoms with Crippen molar-refractivity contribution in [1.29, 1.82) is 0 Å². The highest BCUT2D eigenvalue weighted by Crippen LogP contribution is 2.35. The summed E-state index contributed by atoms with van der Waals surface area (Å²) in [5.74, 6) is 0.585. The Balaban J connectivity index is 1.89. The topological polar surface area (TPSA) is 45.2 Å². The van der Waals surface area contributed by atoms with Crippen molar-refractivity contribution < 1.29 is 9.84 Å². The lowest BCUT2D eigenvalue weighted by atomic mass is 10.2. The molecule has 3 aromatic rings. The maximum Gasteiger partial charge on any atom is 0.233 e. The van der Waals surface area contributed by atoms with Crippen molar-refractivity contribution in [3.8, 4) is 11.6 Å². The largest absolute Gasteiger partial charge is 0.492 e. The Morgan fingerprint density at radius 1 is 0.944 bits per heavy atom. The number of benzene rings is 2. The maximum absolute atomic E-state index is 9.83. The number of H-pyrrole nitrogens is 1. The minimum absolute atomic E-state index is 0.0760. The summed E-state index contributed by atoms with van der Waals surface area (Å²) < 4.78 is 5.69. The van der Waals surface area contributed by atoms with Crippen molar-refractivity contribution in [3.05, 3.63) is 60.2 Å². The summed E-state index contributed by atoms with van der Waals surface area (Å²) in [4.78, 5) is 2.89. The number of rotatable bonds is 3. The van der Waals surface area contributed by atoms with Crippen LogP contribution in [-0.2, 0) is 6.61 Å². The zero-order valence-corrected chi connectivity index (χ0v) is 9.76. The molecule has 18 heavy (non-hydrogen) atoms. The molecule has 1 heterocycles. The molecule has 0 aliphatic carbocycles. The third-order valence-electron chi connectivity index (χ3n) is 2.87. The molecule has 0 bridgehead atoms. The molecule has 3 rings (SSSR count). The van der Waals surface area contributed by atoms with Gasteiger partial charge >= 0.3 is 0 Å². The second kappa shape index (κ2) is 4.45. The summed E-state index contributed by atoms with van der Waals surface area (Å²) in [7, 11) is 0. The number of para-hydroxylation sites is 1. The zero-order valence-electron chi connectivity index (χ0n) is 9.76. The van der Waals surface area contributed by atoms with Crippen molar-refractivity contribution in [2.75, 3.05) is 0 Å². The van der Waals surface area contributed by atoms with Crippen LogP contribution in [0.25, 0.3) is 10.9 Å². The average Bonchev–Trinajstić information content (AvgIpc) is 2.73. The summed E-state index contributed by atoms with van der Waals surface area (Å²) in [5, 5.41) is 10.7. The number of aromatic amines is 1. The first kappa shape index (κ1) is 10.7. The molecule has 0 fully saturated rings. The molecule has 3 nitrogen and oxygen atoms in total. The molecule has 0 saturated carbocycles. The average molecular weight is 239 g/mol. The Bertz CT molecular complexity index is 659. The van der Waals surface area contributed by atoms with E-state index in [1.54, 1.807) is 0 Å². The molecule has 0 spiro atoms. The highest BCUT2D eigenvalue weighted by molar-refractivity contribution is 5.88. The first-order valence-corrected chi connectivity index (χ1v) is 5.81. The standard InChI is InChI=1S/C15H13NO2/c17-15-14(12-8-4-5-9-13(12)16-15)18-10-11-6-2-1-3-7-11/h1-9,16-17H,10H2. The fraction of sp³-hybridized carbons (Fsp3) is 0.0667. The summed E-state index contributed by atoms with van der Waals surface area (Å²) >= 11 is 0. The third-order valence-corrected chi connectivity index (χ3v) is 2.87. The number of hydrogen-bond acceptors (Lipinski definition) is 2. The lowest BCUT2D eigenvalue weighted by molar-refractivity contribution is 0.291. The van der Waals surface area contributed by atoms with Crippen LogP contribution in [0.15, 0.2) is 54.6 Å². The summed E-state index contributed by atoms with van der Waals surface area (Å²) in [6.45, 7) is 0.441. The molecule has 90 valence electrons. The fourth-order valence-corrected chi connectivity index (χ4v) is 1.98. The lowest BCUT2D eigenvalue weighted by Gasteiger charge is -2.05. The van der Waals surface area contributed by atoms with Gasteiger partial charge in [-0.25, -0.2) is 0 Å². The quantitative estimate of drug-likeness (QED) is 0.735. The smallest absolute Gasteiger partial charge is 0.233 e. The highest BCUT2D eigenvalue weighted by Gasteiger charge is 2.11. The SMILES string of the molecule is Oc1[nH]c2ccccc2c1OCc1ccccc1. The molecule has 2 N–H and O–H groups in total. The number of aromatic hydroxyl groups is 1. The first-order chi connectivity index (χ1) is 8.84. The van der Waals surface area contributed by atoms with Crippen molar-refractivity contribution >= 4 is 10.9 Å². The zero-order chi connectivity index (χ0) is 12.4. The van der Waals surface area contributed by atoms with E-state index in [4.69, 9.17) is 4.74 Å². The van der Waals surface area contributed by atoms with Crippen LogP contribution in [0.4, 0.5) is 0 Å². The minimum Gasteiger partial charge on any atom is -0.492 e. The van der Waals surface area contributed by atoms with Gasteiger partial charge in [0.05, 0.1) is 5.52 Å². The Hall–Kier alpha value is -2.42. The molecule has 0 atom stereocenters. The Labute approximate surface area is 105 Å². The monoisotopic (exact) mass is 239 g/mol. The van der Waals surface area contributed by atoms with Gasteiger partial charge < -0.3 is 14.8 Å². The number of hydrogen-bond donors (Lipinski definition) is 2. The lowest BCUT2D eigenvalue weighted by Crippen LogP contribution is -1.94. The van der Waals surface area contributed by atoms with Gasteiger partial charge in [0.1, 0.15) is 6.61 Å². The second-order valence-electron chi connectivity index (χ2n) is 4.12.